The quantitative estimate of drug-likeness (QED) is 0.540. The molecule has 0 aliphatic heterocycles. The van der Waals surface area contributed by atoms with Crippen molar-refractivity contribution in [1.82, 2.24) is 0 Å². The van der Waals surface area contributed by atoms with Crippen molar-refractivity contribution in [3.05, 3.63) is 0 Å². The van der Waals surface area contributed by atoms with Crippen molar-refractivity contribution in [2.24, 2.45) is 0 Å². The average Bonchev–Trinajstić information content (AvgIpc) is 0. The summed E-state index contributed by atoms with van der Waals surface area (Å²) < 4.78 is 0. The molecular weight excluding hydrogens is 313 g/mol. The molecule has 0 unspecified atom stereocenters. The van der Waals surface area contributed by atoms with Crippen LogP contribution in [0, 0.1) is 0 Å². The van der Waals surface area contributed by atoms with Gasteiger partial charge in [0, 0.05) is 0 Å². The molecule has 0 aromatic heterocycles. The minimum absolute atomic E-state index is 0. The Labute approximate surface area is 73.9 Å². The van der Waals surface area contributed by atoms with Crippen LogP contribution in [0.3, 0.4) is 0 Å². The minimum atomic E-state index is 0. The largest absolute Gasteiger partial charge is 4.00 e. The second-order valence-electron chi connectivity index (χ2n) is 0. The molecule has 4 heavy (non-hydrogen) atoms. The van der Waals surface area contributed by atoms with Gasteiger partial charge in [0.2, 0.25) is 0 Å². The zero-order valence-electron chi connectivity index (χ0n) is 1.99. The predicted molar refractivity (Wildman–Crippen MR) is 6.44 cm³/mol. The Morgan fingerprint density at radius 3 is 1.00 bits per heavy atom. The average molecular weight is 313 g/mol. The van der Waals surface area contributed by atoms with E-state index in [1.807, 2.05) is 0 Å². The summed E-state index contributed by atoms with van der Waals surface area (Å²) in [6.07, 6.45) is 0. The molecule has 1 nitrogen and oxygen atoms in total. The van der Waals surface area contributed by atoms with E-state index in [1.165, 1.54) is 0 Å². The maximum atomic E-state index is 0. The molecule has 0 radical (unpaired) electrons. The maximum Gasteiger partial charge on any atom is 4.00 e. The molecule has 0 aliphatic rings. The Hall–Kier alpha value is 2.25. The standard InChI is InChI=1S/Al.Hf.O.Zr/q+3;+4;-2;+4. The number of rotatable bonds is 0. The van der Waals surface area contributed by atoms with E-state index in [9.17, 15) is 0 Å². The Kier molecular flexibility index (Phi) is 160. The summed E-state index contributed by atoms with van der Waals surface area (Å²) >= 11 is 0. The summed E-state index contributed by atoms with van der Waals surface area (Å²) in [4.78, 5) is 0. The first-order chi connectivity index (χ1) is 0. The van der Waals surface area contributed by atoms with Crippen molar-refractivity contribution >= 4 is 17.4 Å². The van der Waals surface area contributed by atoms with Gasteiger partial charge in [-0.15, -0.1) is 0 Å². The van der Waals surface area contributed by atoms with Gasteiger partial charge >= 0.3 is 69.4 Å². The molecule has 0 heterocycles. The monoisotopic (exact) mass is 313 g/mol. The molecule has 4 heteroatoms. The summed E-state index contributed by atoms with van der Waals surface area (Å²) in [5.74, 6) is 0. The summed E-state index contributed by atoms with van der Waals surface area (Å²) in [6, 6.07) is 0. The topological polar surface area (TPSA) is 28.5 Å². The SMILES string of the molecule is [Al+3].[Hf+4].[O-2].[Zr+4]. The fourth-order valence-corrected chi connectivity index (χ4v) is 0. The third-order valence-electron chi connectivity index (χ3n) is 0. The van der Waals surface area contributed by atoms with Gasteiger partial charge in [-0.05, 0) is 0 Å². The molecule has 0 bridgehead atoms. The van der Waals surface area contributed by atoms with E-state index in [0.717, 1.165) is 0 Å². The molecule has 0 spiro atoms. The van der Waals surface area contributed by atoms with Crippen molar-refractivity contribution in [2.45, 2.75) is 0 Å². The van der Waals surface area contributed by atoms with Gasteiger partial charge in [-0.1, -0.05) is 0 Å². The summed E-state index contributed by atoms with van der Waals surface area (Å²) in [5.41, 5.74) is 0. The zero-order valence-corrected chi connectivity index (χ0v) is 9.19. The van der Waals surface area contributed by atoms with Gasteiger partial charge in [0.05, 0.1) is 0 Å². The first-order valence-electron chi connectivity index (χ1n) is 0. The first kappa shape index (κ1) is 34.1. The van der Waals surface area contributed by atoms with Crippen LogP contribution in [0.15, 0.2) is 0 Å². The van der Waals surface area contributed by atoms with Crippen molar-refractivity contribution in [2.75, 3.05) is 0 Å². The second-order valence-corrected chi connectivity index (χ2v) is 0. The minimum Gasteiger partial charge on any atom is -2.00 e. The first-order valence-corrected chi connectivity index (χ1v) is 0. The van der Waals surface area contributed by atoms with E-state index in [2.05, 4.69) is 0 Å². The Morgan fingerprint density at radius 1 is 1.00 bits per heavy atom. The van der Waals surface area contributed by atoms with Crippen LogP contribution < -0.4 is 0 Å². The van der Waals surface area contributed by atoms with Crippen LogP contribution in [0.1, 0.15) is 0 Å². The van der Waals surface area contributed by atoms with Crippen LogP contribution in [-0.4, -0.2) is 17.4 Å². The fraction of sp³-hybridized carbons (Fsp3) is 0. The fourth-order valence-electron chi connectivity index (χ4n) is 0. The van der Waals surface area contributed by atoms with Gasteiger partial charge in [-0.25, -0.2) is 0 Å². The normalized spacial score (nSPS) is 0. The molecule has 8 valence electrons. The van der Waals surface area contributed by atoms with E-state index in [0.29, 0.717) is 0 Å². The Balaban J connectivity index is 0. The van der Waals surface area contributed by atoms with Gasteiger partial charge in [-0.2, -0.15) is 0 Å². The van der Waals surface area contributed by atoms with Crippen LogP contribution >= 0.6 is 0 Å². The molecule has 0 saturated heterocycles. The van der Waals surface area contributed by atoms with Crippen molar-refractivity contribution in [3.8, 4) is 0 Å². The molecule has 0 aliphatic carbocycles. The van der Waals surface area contributed by atoms with Gasteiger partial charge in [0.15, 0.2) is 0 Å². The van der Waals surface area contributed by atoms with Gasteiger partial charge < -0.3 is 5.48 Å². The Morgan fingerprint density at radius 2 is 1.00 bits per heavy atom. The van der Waals surface area contributed by atoms with E-state index in [4.69, 9.17) is 0 Å². The zero-order chi connectivity index (χ0) is 0. The van der Waals surface area contributed by atoms with Crippen molar-refractivity contribution in [3.63, 3.8) is 0 Å². The molecule has 0 rings (SSSR count). The third-order valence-corrected chi connectivity index (χ3v) is 0. The van der Waals surface area contributed by atoms with Crippen molar-refractivity contribution in [1.29, 1.82) is 0 Å². The van der Waals surface area contributed by atoms with Gasteiger partial charge in [0.1, 0.15) is 0 Å². The van der Waals surface area contributed by atoms with Crippen LogP contribution in [0.2, 0.25) is 0 Å². The van der Waals surface area contributed by atoms with Crippen LogP contribution in [-0.2, 0) is 57.5 Å². The molecule has 0 N–H and O–H groups in total. The molecule has 0 aromatic rings. The smallest absolute Gasteiger partial charge is 2.00 e. The number of hydrogen-bond acceptors (Lipinski definition) is 0. The summed E-state index contributed by atoms with van der Waals surface area (Å²) in [7, 11) is 0. The van der Waals surface area contributed by atoms with Crippen LogP contribution in [0.5, 0.6) is 0 Å². The van der Waals surface area contributed by atoms with Crippen molar-refractivity contribution < 1.29 is 57.5 Å². The Bertz CT molecular complexity index is 8.00. The molecule has 0 fully saturated rings. The molecule has 0 aromatic carbocycles. The van der Waals surface area contributed by atoms with Crippen LogP contribution in [0.4, 0.5) is 0 Å². The second kappa shape index (κ2) is 18.7. The third kappa shape index (κ3) is 8.87. The van der Waals surface area contributed by atoms with E-state index in [-0.39, 0.29) is 74.9 Å². The summed E-state index contributed by atoms with van der Waals surface area (Å²) in [6.45, 7) is 0. The molecule has 0 saturated carbocycles. The predicted octanol–water partition coefficient (Wildman–Crippen LogP) is -0.505. The molecular formula is AlHfOZr+9. The van der Waals surface area contributed by atoms with Gasteiger partial charge in [0.25, 0.3) is 0 Å². The summed E-state index contributed by atoms with van der Waals surface area (Å²) in [5, 5.41) is 0. The molecule has 0 amide bonds. The van der Waals surface area contributed by atoms with E-state index >= 15 is 0 Å². The number of hydrogen-bond donors (Lipinski definition) is 0. The maximum absolute atomic E-state index is 0. The molecule has 0 atom stereocenters. The van der Waals surface area contributed by atoms with Gasteiger partial charge in [-0.3, -0.25) is 0 Å². The van der Waals surface area contributed by atoms with E-state index < -0.39 is 0 Å². The van der Waals surface area contributed by atoms with Crippen LogP contribution in [0.25, 0.3) is 0 Å². The van der Waals surface area contributed by atoms with E-state index in [1.54, 1.807) is 0 Å².